The Hall–Kier alpha value is -1.78. The van der Waals surface area contributed by atoms with Crippen LogP contribution in [-0.2, 0) is 4.74 Å². The minimum Gasteiger partial charge on any atom is -0.394 e. The minimum absolute atomic E-state index is 0.0638. The van der Waals surface area contributed by atoms with Crippen molar-refractivity contribution in [3.05, 3.63) is 51.6 Å². The molecule has 0 bridgehead atoms. The van der Waals surface area contributed by atoms with Crippen molar-refractivity contribution in [3.8, 4) is 0 Å². The molecule has 1 heterocycles. The number of benzene rings is 1. The average Bonchev–Trinajstić information content (AvgIpc) is 2.60. The predicted molar refractivity (Wildman–Crippen MR) is 106 cm³/mol. The lowest BCUT2D eigenvalue weighted by Crippen LogP contribution is -2.37. The number of nitrogens with one attached hydrogen (secondary N) is 2. The molecule has 2 rings (SSSR count). The molecule has 8 heteroatoms. The van der Waals surface area contributed by atoms with Crippen LogP contribution in [0.5, 0.6) is 0 Å². The first kappa shape index (κ1) is 20.5. The number of aliphatic hydroxyl groups is 1. The second-order valence-electron chi connectivity index (χ2n) is 5.87. The third kappa shape index (κ3) is 5.89. The SMILES string of the molecule is CC(C)O[C@H](CO)CNC(=O)c1ccncc1Nc1ccc(I)cc1F. The fraction of sp³-hybridized carbons (Fsp3) is 0.333. The highest BCUT2D eigenvalue weighted by Crippen LogP contribution is 2.23. The maximum absolute atomic E-state index is 14.1. The fourth-order valence-electron chi connectivity index (χ4n) is 2.27. The summed E-state index contributed by atoms with van der Waals surface area (Å²) in [4.78, 5) is 16.5. The van der Waals surface area contributed by atoms with E-state index in [1.54, 1.807) is 18.2 Å². The van der Waals surface area contributed by atoms with Gasteiger partial charge in [0.1, 0.15) is 5.82 Å². The molecule has 0 aliphatic carbocycles. The highest BCUT2D eigenvalue weighted by molar-refractivity contribution is 14.1. The number of ether oxygens (including phenoxy) is 1. The summed E-state index contributed by atoms with van der Waals surface area (Å²) < 4.78 is 20.3. The summed E-state index contributed by atoms with van der Waals surface area (Å²) in [6.07, 6.45) is 2.39. The smallest absolute Gasteiger partial charge is 0.253 e. The number of carbonyl (C=O) groups is 1. The molecule has 0 aliphatic rings. The van der Waals surface area contributed by atoms with Crippen LogP contribution < -0.4 is 10.6 Å². The van der Waals surface area contributed by atoms with Gasteiger partial charge in [0.2, 0.25) is 0 Å². The van der Waals surface area contributed by atoms with E-state index in [1.165, 1.54) is 18.5 Å². The number of aromatic nitrogens is 1. The first-order valence-electron chi connectivity index (χ1n) is 8.11. The molecule has 2 aromatic rings. The van der Waals surface area contributed by atoms with Gasteiger partial charge in [-0.15, -0.1) is 0 Å². The number of hydrogen-bond acceptors (Lipinski definition) is 5. The summed E-state index contributed by atoms with van der Waals surface area (Å²) in [5.41, 5.74) is 0.957. The molecule has 1 aromatic heterocycles. The van der Waals surface area contributed by atoms with E-state index in [-0.39, 0.29) is 30.9 Å². The molecular formula is C18H21FIN3O3. The second-order valence-corrected chi connectivity index (χ2v) is 7.12. The topological polar surface area (TPSA) is 83.5 Å². The van der Waals surface area contributed by atoms with E-state index in [1.807, 2.05) is 36.4 Å². The summed E-state index contributed by atoms with van der Waals surface area (Å²) in [5.74, 6) is -0.788. The van der Waals surface area contributed by atoms with Crippen molar-refractivity contribution < 1.29 is 19.0 Å². The molecule has 0 unspecified atom stereocenters. The molecule has 0 fully saturated rings. The van der Waals surface area contributed by atoms with Crippen molar-refractivity contribution in [2.24, 2.45) is 0 Å². The van der Waals surface area contributed by atoms with E-state index in [4.69, 9.17) is 4.74 Å². The summed E-state index contributed by atoms with van der Waals surface area (Å²) in [7, 11) is 0. The molecule has 1 aromatic carbocycles. The van der Waals surface area contributed by atoms with Crippen LogP contribution in [0.3, 0.4) is 0 Å². The van der Waals surface area contributed by atoms with Gasteiger partial charge in [-0.2, -0.15) is 0 Å². The van der Waals surface area contributed by atoms with E-state index in [9.17, 15) is 14.3 Å². The Morgan fingerprint density at radius 2 is 2.12 bits per heavy atom. The first-order chi connectivity index (χ1) is 12.4. The lowest BCUT2D eigenvalue weighted by molar-refractivity contribution is -0.0211. The van der Waals surface area contributed by atoms with Gasteiger partial charge < -0.3 is 20.5 Å². The van der Waals surface area contributed by atoms with Crippen LogP contribution >= 0.6 is 22.6 Å². The molecule has 3 N–H and O–H groups in total. The number of amides is 1. The van der Waals surface area contributed by atoms with Crippen molar-refractivity contribution >= 4 is 39.9 Å². The molecule has 0 saturated carbocycles. The number of carbonyl (C=O) groups excluding carboxylic acids is 1. The third-order valence-corrected chi connectivity index (χ3v) is 4.10. The first-order valence-corrected chi connectivity index (χ1v) is 9.19. The van der Waals surface area contributed by atoms with E-state index >= 15 is 0 Å². The molecule has 140 valence electrons. The lowest BCUT2D eigenvalue weighted by atomic mass is 10.2. The third-order valence-electron chi connectivity index (χ3n) is 3.42. The van der Waals surface area contributed by atoms with Crippen LogP contribution in [0.15, 0.2) is 36.7 Å². The molecular weight excluding hydrogens is 452 g/mol. The molecule has 26 heavy (non-hydrogen) atoms. The zero-order chi connectivity index (χ0) is 19.1. The fourth-order valence-corrected chi connectivity index (χ4v) is 2.72. The lowest BCUT2D eigenvalue weighted by Gasteiger charge is -2.19. The van der Waals surface area contributed by atoms with Gasteiger partial charge in [-0.1, -0.05) is 0 Å². The quantitative estimate of drug-likeness (QED) is 0.514. The van der Waals surface area contributed by atoms with Crippen LogP contribution in [0.1, 0.15) is 24.2 Å². The molecule has 0 radical (unpaired) electrons. The van der Waals surface area contributed by atoms with Gasteiger partial charge >= 0.3 is 0 Å². The van der Waals surface area contributed by atoms with Crippen molar-refractivity contribution in [1.82, 2.24) is 10.3 Å². The van der Waals surface area contributed by atoms with Gasteiger partial charge in [-0.05, 0) is 60.7 Å². The van der Waals surface area contributed by atoms with Gasteiger partial charge in [0, 0.05) is 16.3 Å². The average molecular weight is 473 g/mol. The largest absolute Gasteiger partial charge is 0.394 e. The molecule has 0 saturated heterocycles. The number of halogens is 2. The van der Waals surface area contributed by atoms with Gasteiger partial charge in [0.05, 0.1) is 41.9 Å². The molecule has 1 atom stereocenters. The van der Waals surface area contributed by atoms with Gasteiger partial charge in [-0.3, -0.25) is 9.78 Å². The summed E-state index contributed by atoms with van der Waals surface area (Å²) in [6, 6.07) is 6.30. The number of nitrogens with zero attached hydrogens (tertiary/aromatic N) is 1. The maximum atomic E-state index is 14.1. The van der Waals surface area contributed by atoms with E-state index in [0.717, 1.165) is 3.57 Å². The Bertz CT molecular complexity index is 758. The zero-order valence-corrected chi connectivity index (χ0v) is 16.7. The monoisotopic (exact) mass is 473 g/mol. The number of hydrogen-bond donors (Lipinski definition) is 3. The Labute approximate surface area is 165 Å². The van der Waals surface area contributed by atoms with Gasteiger partial charge in [0.15, 0.2) is 0 Å². The number of aliphatic hydroxyl groups excluding tert-OH is 1. The van der Waals surface area contributed by atoms with Crippen LogP contribution in [-0.4, -0.2) is 41.4 Å². The highest BCUT2D eigenvalue weighted by Gasteiger charge is 2.16. The summed E-state index contributed by atoms with van der Waals surface area (Å²) in [5, 5.41) is 14.9. The normalized spacial score (nSPS) is 12.1. The Balaban J connectivity index is 2.11. The van der Waals surface area contributed by atoms with Crippen LogP contribution in [0.2, 0.25) is 0 Å². The second kappa shape index (κ2) is 9.79. The Kier molecular flexibility index (Phi) is 7.73. The zero-order valence-electron chi connectivity index (χ0n) is 14.5. The Morgan fingerprint density at radius 3 is 2.77 bits per heavy atom. The molecule has 6 nitrogen and oxygen atoms in total. The van der Waals surface area contributed by atoms with Crippen LogP contribution in [0, 0.1) is 9.39 Å². The number of anilines is 2. The summed E-state index contributed by atoms with van der Waals surface area (Å²) in [6.45, 7) is 3.66. The van der Waals surface area contributed by atoms with Crippen LogP contribution in [0.25, 0.3) is 0 Å². The molecule has 1 amide bonds. The minimum atomic E-state index is -0.495. The van der Waals surface area contributed by atoms with Crippen molar-refractivity contribution in [3.63, 3.8) is 0 Å². The van der Waals surface area contributed by atoms with E-state index < -0.39 is 11.9 Å². The number of pyridine rings is 1. The number of rotatable bonds is 8. The van der Waals surface area contributed by atoms with Gasteiger partial charge in [0.25, 0.3) is 5.91 Å². The Morgan fingerprint density at radius 1 is 1.35 bits per heavy atom. The van der Waals surface area contributed by atoms with Crippen molar-refractivity contribution in [2.75, 3.05) is 18.5 Å². The standard InChI is InChI=1S/C18H21FIN3O3/c1-11(2)26-13(10-24)8-22-18(25)14-5-6-21-9-17(14)23-16-4-3-12(20)7-15(16)19/h3-7,9,11,13,23-24H,8,10H2,1-2H3,(H,22,25)/t13-/m0/s1. The molecule has 0 aliphatic heterocycles. The van der Waals surface area contributed by atoms with Crippen LogP contribution in [0.4, 0.5) is 15.8 Å². The van der Waals surface area contributed by atoms with E-state index in [0.29, 0.717) is 11.3 Å². The maximum Gasteiger partial charge on any atom is 0.253 e. The van der Waals surface area contributed by atoms with Crippen molar-refractivity contribution in [2.45, 2.75) is 26.1 Å². The molecule has 0 spiro atoms. The highest BCUT2D eigenvalue weighted by atomic mass is 127. The van der Waals surface area contributed by atoms with Crippen molar-refractivity contribution in [1.29, 1.82) is 0 Å². The summed E-state index contributed by atoms with van der Waals surface area (Å²) >= 11 is 2.02. The van der Waals surface area contributed by atoms with E-state index in [2.05, 4.69) is 15.6 Å². The van der Waals surface area contributed by atoms with Gasteiger partial charge in [-0.25, -0.2) is 4.39 Å². The predicted octanol–water partition coefficient (Wildman–Crippen LogP) is 3.08.